The van der Waals surface area contributed by atoms with E-state index in [0.29, 0.717) is 6.42 Å². The first-order chi connectivity index (χ1) is 11.4. The lowest BCUT2D eigenvalue weighted by Crippen LogP contribution is -2.39. The SMILES string of the molecule is CCCCCCCCCCCCCCC(C(=O)Cl)(C(=O)Cl)C(=O)Cl. The zero-order chi connectivity index (χ0) is 18.4. The van der Waals surface area contributed by atoms with Crippen molar-refractivity contribution < 1.29 is 14.4 Å². The van der Waals surface area contributed by atoms with Gasteiger partial charge in [0.1, 0.15) is 0 Å². The molecule has 0 fully saturated rings. The summed E-state index contributed by atoms with van der Waals surface area (Å²) >= 11 is 16.2. The van der Waals surface area contributed by atoms with Gasteiger partial charge in [-0.3, -0.25) is 14.4 Å². The van der Waals surface area contributed by atoms with Gasteiger partial charge >= 0.3 is 0 Å². The van der Waals surface area contributed by atoms with Crippen molar-refractivity contribution in [3.8, 4) is 0 Å². The van der Waals surface area contributed by atoms with Crippen LogP contribution in [0.5, 0.6) is 0 Å². The summed E-state index contributed by atoms with van der Waals surface area (Å²) in [4.78, 5) is 34.3. The van der Waals surface area contributed by atoms with E-state index in [4.69, 9.17) is 34.8 Å². The van der Waals surface area contributed by atoms with Gasteiger partial charge in [0.25, 0.3) is 0 Å². The van der Waals surface area contributed by atoms with Crippen molar-refractivity contribution in [2.75, 3.05) is 0 Å². The highest BCUT2D eigenvalue weighted by molar-refractivity contribution is 6.83. The molecule has 0 aliphatic carbocycles. The van der Waals surface area contributed by atoms with Gasteiger partial charge in [-0.25, -0.2) is 0 Å². The number of carbonyl (C=O) groups excluding carboxylic acids is 3. The maximum atomic E-state index is 11.4. The summed E-state index contributed by atoms with van der Waals surface area (Å²) in [5, 5.41) is -3.28. The minimum absolute atomic E-state index is 0.0164. The van der Waals surface area contributed by atoms with Crippen LogP contribution in [0.1, 0.15) is 90.4 Å². The molecule has 0 bridgehead atoms. The first kappa shape index (κ1) is 23.9. The minimum atomic E-state index is -2.08. The van der Waals surface area contributed by atoms with E-state index < -0.39 is 21.1 Å². The molecule has 3 nitrogen and oxygen atoms in total. The molecule has 0 N–H and O–H groups in total. The Labute approximate surface area is 160 Å². The summed E-state index contributed by atoms with van der Waals surface area (Å²) in [6.07, 6.45) is 13.8. The molecule has 24 heavy (non-hydrogen) atoms. The fourth-order valence-electron chi connectivity index (χ4n) is 2.76. The maximum Gasteiger partial charge on any atom is 0.245 e. The molecule has 0 radical (unpaired) electrons. The Morgan fingerprint density at radius 3 is 1.17 bits per heavy atom. The molecule has 0 spiro atoms. The topological polar surface area (TPSA) is 51.2 Å². The zero-order valence-electron chi connectivity index (χ0n) is 14.6. The van der Waals surface area contributed by atoms with Gasteiger partial charge in [0.15, 0.2) is 5.41 Å². The number of rotatable bonds is 16. The standard InChI is InChI=1S/C18H29Cl3O3/c1-2-3-4-5-6-7-8-9-10-11-12-13-14-18(15(19)22,16(20)23)17(21)24/h2-14H2,1H3. The molecule has 0 amide bonds. The van der Waals surface area contributed by atoms with Crippen LogP contribution in [-0.2, 0) is 14.4 Å². The van der Waals surface area contributed by atoms with Crippen LogP contribution in [0.2, 0.25) is 0 Å². The predicted molar refractivity (Wildman–Crippen MR) is 101 cm³/mol. The van der Waals surface area contributed by atoms with Crippen molar-refractivity contribution in [2.45, 2.75) is 90.4 Å². The zero-order valence-corrected chi connectivity index (χ0v) is 16.8. The van der Waals surface area contributed by atoms with Crippen LogP contribution in [0.25, 0.3) is 0 Å². The Morgan fingerprint density at radius 1 is 0.583 bits per heavy atom. The maximum absolute atomic E-state index is 11.4. The lowest BCUT2D eigenvalue weighted by molar-refractivity contribution is -0.139. The Morgan fingerprint density at radius 2 is 0.875 bits per heavy atom. The molecular formula is C18H29Cl3O3. The smallest absolute Gasteiger partial charge is 0.245 e. The highest BCUT2D eigenvalue weighted by Gasteiger charge is 2.49. The Hall–Kier alpha value is -0.120. The van der Waals surface area contributed by atoms with Crippen LogP contribution >= 0.6 is 34.8 Å². The van der Waals surface area contributed by atoms with E-state index in [1.807, 2.05) is 0 Å². The molecule has 0 rings (SSSR count). The lowest BCUT2D eigenvalue weighted by atomic mass is 9.86. The summed E-state index contributed by atoms with van der Waals surface area (Å²) in [7, 11) is 0. The Kier molecular flexibility index (Phi) is 14.0. The van der Waals surface area contributed by atoms with Gasteiger partial charge in [-0.15, -0.1) is 0 Å². The van der Waals surface area contributed by atoms with E-state index in [9.17, 15) is 14.4 Å². The molecular weight excluding hydrogens is 371 g/mol. The van der Waals surface area contributed by atoms with Crippen LogP contribution < -0.4 is 0 Å². The first-order valence-corrected chi connectivity index (χ1v) is 10.1. The normalized spacial score (nSPS) is 11.5. The summed E-state index contributed by atoms with van der Waals surface area (Å²) in [6.45, 7) is 2.22. The molecule has 0 aromatic carbocycles. The molecule has 0 aliphatic heterocycles. The van der Waals surface area contributed by atoms with Gasteiger partial charge in [0.05, 0.1) is 0 Å². The van der Waals surface area contributed by atoms with E-state index >= 15 is 0 Å². The van der Waals surface area contributed by atoms with Crippen molar-refractivity contribution >= 4 is 50.5 Å². The molecule has 0 saturated carbocycles. The number of halogens is 3. The summed E-state index contributed by atoms with van der Waals surface area (Å²) in [5.41, 5.74) is -2.08. The summed E-state index contributed by atoms with van der Waals surface area (Å²) in [5.74, 6) is 0. The fourth-order valence-corrected chi connectivity index (χ4v) is 3.70. The van der Waals surface area contributed by atoms with Gasteiger partial charge in [0, 0.05) is 0 Å². The van der Waals surface area contributed by atoms with Gasteiger partial charge in [-0.1, -0.05) is 84.0 Å². The van der Waals surface area contributed by atoms with Crippen LogP contribution in [0.4, 0.5) is 0 Å². The van der Waals surface area contributed by atoms with Crippen molar-refractivity contribution in [3.05, 3.63) is 0 Å². The molecule has 0 aromatic heterocycles. The van der Waals surface area contributed by atoms with Crippen LogP contribution in [0, 0.1) is 5.41 Å². The second kappa shape index (κ2) is 14.1. The molecule has 0 atom stereocenters. The van der Waals surface area contributed by atoms with Crippen molar-refractivity contribution in [1.82, 2.24) is 0 Å². The third-order valence-corrected chi connectivity index (χ3v) is 5.38. The fraction of sp³-hybridized carbons (Fsp3) is 0.833. The average Bonchev–Trinajstić information content (AvgIpc) is 2.51. The van der Waals surface area contributed by atoms with Crippen molar-refractivity contribution in [2.24, 2.45) is 5.41 Å². The Bertz CT molecular complexity index is 361. The Balaban J connectivity index is 3.79. The molecule has 6 heteroatoms. The van der Waals surface area contributed by atoms with Gasteiger partial charge < -0.3 is 0 Å². The first-order valence-electron chi connectivity index (χ1n) is 8.99. The molecule has 0 aromatic rings. The highest BCUT2D eigenvalue weighted by Crippen LogP contribution is 2.34. The summed E-state index contributed by atoms with van der Waals surface area (Å²) < 4.78 is 0. The number of unbranched alkanes of at least 4 members (excludes halogenated alkanes) is 11. The third kappa shape index (κ3) is 8.82. The predicted octanol–water partition coefficient (Wildman–Crippen LogP) is 6.36. The second-order valence-electron chi connectivity index (χ2n) is 6.37. The monoisotopic (exact) mass is 398 g/mol. The third-order valence-electron chi connectivity index (χ3n) is 4.41. The molecule has 0 heterocycles. The van der Waals surface area contributed by atoms with Gasteiger partial charge in [0.2, 0.25) is 15.7 Å². The van der Waals surface area contributed by atoms with E-state index in [1.54, 1.807) is 0 Å². The van der Waals surface area contributed by atoms with Crippen LogP contribution in [-0.4, -0.2) is 15.7 Å². The van der Waals surface area contributed by atoms with Crippen molar-refractivity contribution in [3.63, 3.8) is 0 Å². The lowest BCUT2D eigenvalue weighted by Gasteiger charge is -2.21. The average molecular weight is 400 g/mol. The summed E-state index contributed by atoms with van der Waals surface area (Å²) in [6, 6.07) is 0. The molecule has 0 aliphatic rings. The van der Waals surface area contributed by atoms with Gasteiger partial charge in [-0.2, -0.15) is 0 Å². The number of hydrogen-bond acceptors (Lipinski definition) is 3. The van der Waals surface area contributed by atoms with E-state index in [2.05, 4.69) is 6.92 Å². The number of hydrogen-bond donors (Lipinski definition) is 0. The van der Waals surface area contributed by atoms with Crippen molar-refractivity contribution in [1.29, 1.82) is 0 Å². The van der Waals surface area contributed by atoms with E-state index in [1.165, 1.54) is 51.4 Å². The van der Waals surface area contributed by atoms with Crippen LogP contribution in [0.3, 0.4) is 0 Å². The highest BCUT2D eigenvalue weighted by atomic mass is 35.5. The van der Waals surface area contributed by atoms with Gasteiger partial charge in [-0.05, 0) is 41.2 Å². The quantitative estimate of drug-likeness (QED) is 0.172. The van der Waals surface area contributed by atoms with Crippen LogP contribution in [0.15, 0.2) is 0 Å². The number of carbonyl (C=O) groups is 3. The molecule has 140 valence electrons. The minimum Gasteiger partial charge on any atom is -0.280 e. The van der Waals surface area contributed by atoms with E-state index in [0.717, 1.165) is 19.3 Å². The molecule has 0 saturated heterocycles. The largest absolute Gasteiger partial charge is 0.280 e. The second-order valence-corrected chi connectivity index (χ2v) is 7.40. The molecule has 0 unspecified atom stereocenters. The van der Waals surface area contributed by atoms with E-state index in [-0.39, 0.29) is 6.42 Å².